The minimum absolute atomic E-state index is 0.377. The quantitative estimate of drug-likeness (QED) is 0.448. The van der Waals surface area contributed by atoms with E-state index in [0.717, 1.165) is 0 Å². The Balaban J connectivity index is 2.47. The summed E-state index contributed by atoms with van der Waals surface area (Å²) in [5.41, 5.74) is 0. The van der Waals surface area contributed by atoms with Gasteiger partial charge in [-0.15, -0.1) is 0 Å². The molecule has 1 aliphatic rings. The first-order valence-corrected chi connectivity index (χ1v) is 2.25. The maximum absolute atomic E-state index is 6.92. The highest BCUT2D eigenvalue weighted by molar-refractivity contribution is 5.75. The highest BCUT2D eigenvalue weighted by atomic mass is 16.5. The highest BCUT2D eigenvalue weighted by Crippen LogP contribution is 1.95. The van der Waals surface area contributed by atoms with Crippen molar-refractivity contribution in [1.29, 1.82) is 5.41 Å². The molecule has 38 valence electrons. The number of hydrogen-bond acceptors (Lipinski definition) is 2. The van der Waals surface area contributed by atoms with Crippen molar-refractivity contribution in [3.8, 4) is 0 Å². The fourth-order valence-corrected chi connectivity index (χ4v) is 0.466. The summed E-state index contributed by atoms with van der Waals surface area (Å²) in [4.78, 5) is 0. The first-order chi connectivity index (χ1) is 3.39. The Bertz CT molecular complexity index is 107. The smallest absolute Gasteiger partial charge is 0.184 e. The molecule has 0 fully saturated rings. The lowest BCUT2D eigenvalue weighted by atomic mass is 10.3. The first-order valence-electron chi connectivity index (χ1n) is 2.25. The van der Waals surface area contributed by atoms with Gasteiger partial charge in [0.15, 0.2) is 5.90 Å². The minimum Gasteiger partial charge on any atom is -0.477 e. The van der Waals surface area contributed by atoms with E-state index in [1.807, 2.05) is 12.2 Å². The van der Waals surface area contributed by atoms with Crippen LogP contribution in [0.15, 0.2) is 12.2 Å². The first kappa shape index (κ1) is 4.37. The fraction of sp³-hybridized carbons (Fsp3) is 0.400. The summed E-state index contributed by atoms with van der Waals surface area (Å²) in [7, 11) is 0. The van der Waals surface area contributed by atoms with Crippen molar-refractivity contribution in [2.75, 3.05) is 6.61 Å². The molecule has 0 spiro atoms. The summed E-state index contributed by atoms with van der Waals surface area (Å²) in [5, 5.41) is 6.92. The molecule has 0 atom stereocenters. The van der Waals surface area contributed by atoms with Crippen LogP contribution in [0.25, 0.3) is 0 Å². The zero-order valence-electron chi connectivity index (χ0n) is 3.98. The molecule has 0 aliphatic carbocycles. The third-order valence-corrected chi connectivity index (χ3v) is 0.824. The van der Waals surface area contributed by atoms with Gasteiger partial charge >= 0.3 is 0 Å². The molecule has 0 saturated heterocycles. The van der Waals surface area contributed by atoms with Crippen molar-refractivity contribution in [1.82, 2.24) is 0 Å². The third kappa shape index (κ3) is 1.03. The van der Waals surface area contributed by atoms with Gasteiger partial charge in [-0.05, 0) is 0 Å². The van der Waals surface area contributed by atoms with Crippen molar-refractivity contribution in [2.45, 2.75) is 6.42 Å². The molecule has 0 aromatic heterocycles. The van der Waals surface area contributed by atoms with Crippen LogP contribution in [0.3, 0.4) is 0 Å². The fourth-order valence-electron chi connectivity index (χ4n) is 0.466. The third-order valence-electron chi connectivity index (χ3n) is 0.824. The van der Waals surface area contributed by atoms with Gasteiger partial charge in [0.25, 0.3) is 0 Å². The highest BCUT2D eigenvalue weighted by Gasteiger charge is 1.95. The van der Waals surface area contributed by atoms with Gasteiger partial charge in [0, 0.05) is 6.42 Å². The van der Waals surface area contributed by atoms with E-state index in [1.165, 1.54) is 0 Å². The van der Waals surface area contributed by atoms with E-state index in [1.54, 1.807) is 0 Å². The predicted octanol–water partition coefficient (Wildman–Crippen LogP) is 0.940. The van der Waals surface area contributed by atoms with E-state index in [-0.39, 0.29) is 0 Å². The summed E-state index contributed by atoms with van der Waals surface area (Å²) in [6.07, 6.45) is 4.52. The summed E-state index contributed by atoms with van der Waals surface area (Å²) in [6, 6.07) is 0. The van der Waals surface area contributed by atoms with Crippen molar-refractivity contribution in [3.63, 3.8) is 0 Å². The van der Waals surface area contributed by atoms with Crippen LogP contribution in [0, 0.1) is 5.41 Å². The molecular weight excluding hydrogens is 90.1 g/mol. The maximum Gasteiger partial charge on any atom is 0.184 e. The Morgan fingerprint density at radius 2 is 2.43 bits per heavy atom. The molecule has 1 rings (SSSR count). The summed E-state index contributed by atoms with van der Waals surface area (Å²) < 4.78 is 4.77. The molecule has 0 bridgehead atoms. The van der Waals surface area contributed by atoms with Gasteiger partial charge in [-0.3, -0.25) is 5.41 Å². The Hall–Kier alpha value is -0.790. The van der Waals surface area contributed by atoms with E-state index in [2.05, 4.69) is 0 Å². The van der Waals surface area contributed by atoms with E-state index in [0.29, 0.717) is 18.9 Å². The SMILES string of the molecule is N=C1CC=CCO1. The van der Waals surface area contributed by atoms with Gasteiger partial charge in [-0.2, -0.15) is 0 Å². The lowest BCUT2D eigenvalue weighted by Gasteiger charge is -2.05. The Kier molecular flexibility index (Phi) is 1.11. The van der Waals surface area contributed by atoms with Gasteiger partial charge in [0.1, 0.15) is 6.61 Å². The van der Waals surface area contributed by atoms with Crippen molar-refractivity contribution in [2.24, 2.45) is 0 Å². The van der Waals surface area contributed by atoms with E-state index < -0.39 is 0 Å². The molecule has 2 nitrogen and oxygen atoms in total. The van der Waals surface area contributed by atoms with Crippen LogP contribution in [0.1, 0.15) is 6.42 Å². The van der Waals surface area contributed by atoms with E-state index >= 15 is 0 Å². The molecule has 0 aromatic carbocycles. The van der Waals surface area contributed by atoms with Crippen LogP contribution in [0.5, 0.6) is 0 Å². The molecule has 1 N–H and O–H groups in total. The standard InChI is InChI=1S/C5H7NO/c6-5-3-1-2-4-7-5/h1-2,6H,3-4H2. The minimum atomic E-state index is 0.377. The van der Waals surface area contributed by atoms with E-state index in [4.69, 9.17) is 10.1 Å². The average molecular weight is 97.1 g/mol. The molecule has 0 amide bonds. The van der Waals surface area contributed by atoms with Gasteiger partial charge in [-0.25, -0.2) is 0 Å². The molecule has 1 heterocycles. The molecule has 1 aliphatic heterocycles. The number of nitrogens with one attached hydrogen (secondary N) is 1. The number of hydrogen-bond donors (Lipinski definition) is 1. The van der Waals surface area contributed by atoms with Crippen LogP contribution >= 0.6 is 0 Å². The van der Waals surface area contributed by atoms with Gasteiger partial charge in [0.05, 0.1) is 0 Å². The van der Waals surface area contributed by atoms with Crippen molar-refractivity contribution >= 4 is 5.90 Å². The topological polar surface area (TPSA) is 33.1 Å². The number of ether oxygens (including phenoxy) is 1. The van der Waals surface area contributed by atoms with Crippen LogP contribution in [-0.4, -0.2) is 12.5 Å². The predicted molar refractivity (Wildman–Crippen MR) is 27.4 cm³/mol. The molecule has 7 heavy (non-hydrogen) atoms. The summed E-state index contributed by atoms with van der Waals surface area (Å²) in [6.45, 7) is 0.582. The Morgan fingerprint density at radius 1 is 1.57 bits per heavy atom. The van der Waals surface area contributed by atoms with Gasteiger partial charge in [-0.1, -0.05) is 12.2 Å². The van der Waals surface area contributed by atoms with Crippen LogP contribution < -0.4 is 0 Å². The second-order valence-electron chi connectivity index (χ2n) is 1.41. The normalized spacial score (nSPS) is 19.1. The second kappa shape index (κ2) is 1.78. The van der Waals surface area contributed by atoms with Crippen molar-refractivity contribution in [3.05, 3.63) is 12.2 Å². The summed E-state index contributed by atoms with van der Waals surface area (Å²) in [5.74, 6) is 0.377. The van der Waals surface area contributed by atoms with Crippen molar-refractivity contribution < 1.29 is 4.74 Å². The Labute approximate surface area is 42.3 Å². The molecule has 2 heteroatoms. The van der Waals surface area contributed by atoms with Gasteiger partial charge < -0.3 is 4.74 Å². The molecular formula is C5H7NO. The molecule has 0 aromatic rings. The largest absolute Gasteiger partial charge is 0.477 e. The van der Waals surface area contributed by atoms with Crippen LogP contribution in [-0.2, 0) is 4.74 Å². The van der Waals surface area contributed by atoms with Crippen LogP contribution in [0.4, 0.5) is 0 Å². The number of rotatable bonds is 0. The zero-order chi connectivity index (χ0) is 5.11. The molecule has 0 radical (unpaired) electrons. The summed E-state index contributed by atoms with van der Waals surface area (Å²) >= 11 is 0. The Morgan fingerprint density at radius 3 is 2.71 bits per heavy atom. The lowest BCUT2D eigenvalue weighted by Crippen LogP contribution is -2.05. The molecule has 0 unspecified atom stereocenters. The average Bonchev–Trinajstić information content (AvgIpc) is 1.69. The lowest BCUT2D eigenvalue weighted by molar-refractivity contribution is 0.332. The van der Waals surface area contributed by atoms with Gasteiger partial charge in [0.2, 0.25) is 0 Å². The molecule has 0 saturated carbocycles. The second-order valence-corrected chi connectivity index (χ2v) is 1.41. The monoisotopic (exact) mass is 97.1 g/mol. The maximum atomic E-state index is 6.92. The van der Waals surface area contributed by atoms with E-state index in [9.17, 15) is 0 Å². The van der Waals surface area contributed by atoms with Crippen LogP contribution in [0.2, 0.25) is 0 Å². The zero-order valence-corrected chi connectivity index (χ0v) is 3.98.